The summed E-state index contributed by atoms with van der Waals surface area (Å²) in [6, 6.07) is 29.9. The van der Waals surface area contributed by atoms with Gasteiger partial charge in [-0.25, -0.2) is 8.42 Å². The molecule has 0 heterocycles. The first-order valence-corrected chi connectivity index (χ1v) is 12.8. The van der Waals surface area contributed by atoms with Crippen LogP contribution in [0.25, 0.3) is 0 Å². The van der Waals surface area contributed by atoms with Crippen LogP contribution >= 0.6 is 11.6 Å². The van der Waals surface area contributed by atoms with Gasteiger partial charge >= 0.3 is 0 Å². The Bertz CT molecular complexity index is 1420. The second-order valence-corrected chi connectivity index (χ2v) is 10.6. The Morgan fingerprint density at radius 1 is 0.829 bits per heavy atom. The predicted molar refractivity (Wildman–Crippen MR) is 140 cm³/mol. The molecule has 5 nitrogen and oxygen atoms in total. The lowest BCUT2D eigenvalue weighted by atomic mass is 9.94. The molecular formula is C28H25ClN2O3S. The number of anilines is 1. The number of amides is 1. The van der Waals surface area contributed by atoms with Gasteiger partial charge in [-0.15, -0.1) is 0 Å². The number of halogens is 1. The fourth-order valence-electron chi connectivity index (χ4n) is 3.84. The molecule has 1 N–H and O–H groups in total. The van der Waals surface area contributed by atoms with Gasteiger partial charge < -0.3 is 5.32 Å². The van der Waals surface area contributed by atoms with E-state index in [1.165, 1.54) is 35.6 Å². The summed E-state index contributed by atoms with van der Waals surface area (Å²) in [5.41, 5.74) is 3.93. The summed E-state index contributed by atoms with van der Waals surface area (Å²) in [5, 5.41) is 3.59. The van der Waals surface area contributed by atoms with E-state index in [1.54, 1.807) is 24.3 Å². The fraction of sp³-hybridized carbons (Fsp3) is 0.107. The van der Waals surface area contributed by atoms with E-state index in [0.29, 0.717) is 16.3 Å². The molecule has 1 amide bonds. The molecule has 0 radical (unpaired) electrons. The topological polar surface area (TPSA) is 66.5 Å². The minimum atomic E-state index is -3.76. The van der Waals surface area contributed by atoms with Crippen molar-refractivity contribution in [3.8, 4) is 0 Å². The molecule has 0 saturated heterocycles. The summed E-state index contributed by atoms with van der Waals surface area (Å²) >= 11 is 5.88. The monoisotopic (exact) mass is 504 g/mol. The van der Waals surface area contributed by atoms with Crippen molar-refractivity contribution in [1.82, 2.24) is 5.32 Å². The van der Waals surface area contributed by atoms with Crippen LogP contribution in [0.1, 0.15) is 33.1 Å². The van der Waals surface area contributed by atoms with Crippen LogP contribution in [0.15, 0.2) is 108 Å². The van der Waals surface area contributed by atoms with Gasteiger partial charge in [-0.05, 0) is 72.1 Å². The van der Waals surface area contributed by atoms with Crippen LogP contribution in [0.4, 0.5) is 5.69 Å². The van der Waals surface area contributed by atoms with Gasteiger partial charge in [0, 0.05) is 17.6 Å². The first-order valence-electron chi connectivity index (χ1n) is 11.0. The van der Waals surface area contributed by atoms with Crippen molar-refractivity contribution in [2.45, 2.75) is 17.9 Å². The molecule has 0 aromatic heterocycles. The van der Waals surface area contributed by atoms with Gasteiger partial charge in [0.05, 0.1) is 16.6 Å². The Morgan fingerprint density at radius 2 is 1.43 bits per heavy atom. The molecule has 0 spiro atoms. The number of benzene rings is 4. The van der Waals surface area contributed by atoms with Crippen molar-refractivity contribution in [3.05, 3.63) is 130 Å². The van der Waals surface area contributed by atoms with E-state index in [1.807, 2.05) is 61.5 Å². The molecule has 0 unspecified atom stereocenters. The number of sulfonamides is 1. The van der Waals surface area contributed by atoms with Crippen LogP contribution in [0, 0.1) is 6.92 Å². The highest BCUT2D eigenvalue weighted by atomic mass is 35.5. The van der Waals surface area contributed by atoms with Gasteiger partial charge in [-0.2, -0.15) is 0 Å². The smallest absolute Gasteiger partial charge is 0.264 e. The SMILES string of the molecule is Cc1ccccc1[C@H](NC(=O)c1ccc(N(C)S(=O)(=O)c2ccc(Cl)cc2)cc1)c1ccccc1. The van der Waals surface area contributed by atoms with Gasteiger partial charge in [0.25, 0.3) is 15.9 Å². The number of carbonyl (C=O) groups is 1. The molecule has 7 heteroatoms. The van der Waals surface area contributed by atoms with E-state index in [-0.39, 0.29) is 16.8 Å². The number of rotatable bonds is 7. The molecule has 0 aliphatic heterocycles. The van der Waals surface area contributed by atoms with Crippen LogP contribution < -0.4 is 9.62 Å². The van der Waals surface area contributed by atoms with Gasteiger partial charge in [0.15, 0.2) is 0 Å². The first-order chi connectivity index (χ1) is 16.8. The van der Waals surface area contributed by atoms with Crippen molar-refractivity contribution >= 4 is 33.2 Å². The average Bonchev–Trinajstić information content (AvgIpc) is 2.88. The Balaban J connectivity index is 1.57. The van der Waals surface area contributed by atoms with Gasteiger partial charge in [-0.1, -0.05) is 66.2 Å². The fourth-order valence-corrected chi connectivity index (χ4v) is 5.16. The minimum absolute atomic E-state index is 0.134. The summed E-state index contributed by atoms with van der Waals surface area (Å²) in [7, 11) is -2.29. The Hall–Kier alpha value is -3.61. The molecule has 4 rings (SSSR count). The maximum atomic E-state index is 13.2. The Morgan fingerprint density at radius 3 is 2.06 bits per heavy atom. The molecule has 1 atom stereocenters. The molecule has 0 bridgehead atoms. The largest absolute Gasteiger partial charge is 0.341 e. The molecule has 0 saturated carbocycles. The molecule has 178 valence electrons. The standard InChI is InChI=1S/C28H25ClN2O3S/c1-20-8-6-7-11-26(20)27(21-9-4-3-5-10-21)30-28(32)22-12-16-24(17-13-22)31(2)35(33,34)25-18-14-23(29)15-19-25/h3-19,27H,1-2H3,(H,30,32)/t27-/m1/s1. The second kappa shape index (κ2) is 10.3. The third-order valence-corrected chi connectivity index (χ3v) is 7.92. The zero-order valence-electron chi connectivity index (χ0n) is 19.4. The van der Waals surface area contributed by atoms with Gasteiger partial charge in [0.1, 0.15) is 0 Å². The molecule has 4 aromatic rings. The molecule has 0 aliphatic carbocycles. The van der Waals surface area contributed by atoms with Crippen molar-refractivity contribution < 1.29 is 13.2 Å². The minimum Gasteiger partial charge on any atom is -0.341 e. The molecule has 0 aliphatic rings. The normalized spacial score (nSPS) is 12.1. The van der Waals surface area contributed by atoms with Crippen molar-refractivity contribution in [1.29, 1.82) is 0 Å². The van der Waals surface area contributed by atoms with Crippen molar-refractivity contribution in [2.75, 3.05) is 11.4 Å². The van der Waals surface area contributed by atoms with Crippen LogP contribution in [0.2, 0.25) is 5.02 Å². The Kier molecular flexibility index (Phi) is 7.24. The quantitative estimate of drug-likeness (QED) is 0.336. The maximum Gasteiger partial charge on any atom is 0.264 e. The first kappa shape index (κ1) is 24.5. The van der Waals surface area contributed by atoms with Crippen molar-refractivity contribution in [2.24, 2.45) is 0 Å². The highest BCUT2D eigenvalue weighted by molar-refractivity contribution is 7.92. The van der Waals surface area contributed by atoms with Gasteiger partial charge in [-0.3, -0.25) is 9.10 Å². The number of aryl methyl sites for hydroxylation is 1. The van der Waals surface area contributed by atoms with E-state index in [9.17, 15) is 13.2 Å². The van der Waals surface area contributed by atoms with Crippen LogP contribution in [-0.2, 0) is 10.0 Å². The third kappa shape index (κ3) is 5.39. The summed E-state index contributed by atoms with van der Waals surface area (Å²) in [6.07, 6.45) is 0. The maximum absolute atomic E-state index is 13.2. The third-order valence-electron chi connectivity index (χ3n) is 5.87. The summed E-state index contributed by atoms with van der Waals surface area (Å²) in [4.78, 5) is 13.3. The highest BCUT2D eigenvalue weighted by Gasteiger charge is 2.22. The van der Waals surface area contributed by atoms with E-state index in [0.717, 1.165) is 16.7 Å². The summed E-state index contributed by atoms with van der Waals surface area (Å²) < 4.78 is 27.1. The van der Waals surface area contributed by atoms with Crippen LogP contribution in [-0.4, -0.2) is 21.4 Å². The molecule has 4 aromatic carbocycles. The van der Waals surface area contributed by atoms with Gasteiger partial charge in [0.2, 0.25) is 0 Å². The van der Waals surface area contributed by atoms with Crippen LogP contribution in [0.3, 0.4) is 0 Å². The number of hydrogen-bond acceptors (Lipinski definition) is 3. The Labute approximate surface area is 211 Å². The van der Waals surface area contributed by atoms with E-state index in [4.69, 9.17) is 11.6 Å². The van der Waals surface area contributed by atoms with Crippen molar-refractivity contribution in [3.63, 3.8) is 0 Å². The van der Waals surface area contributed by atoms with E-state index >= 15 is 0 Å². The van der Waals surface area contributed by atoms with E-state index < -0.39 is 10.0 Å². The highest BCUT2D eigenvalue weighted by Crippen LogP contribution is 2.27. The number of carbonyl (C=O) groups excluding carboxylic acids is 1. The lowest BCUT2D eigenvalue weighted by Crippen LogP contribution is -2.30. The molecule has 35 heavy (non-hydrogen) atoms. The summed E-state index contributed by atoms with van der Waals surface area (Å²) in [5.74, 6) is -0.253. The predicted octanol–water partition coefficient (Wildman–Crippen LogP) is 5.99. The molecule has 0 fully saturated rings. The molecular weight excluding hydrogens is 480 g/mol. The summed E-state index contributed by atoms with van der Waals surface area (Å²) in [6.45, 7) is 2.02. The number of hydrogen-bond donors (Lipinski definition) is 1. The zero-order valence-corrected chi connectivity index (χ0v) is 20.9. The lowest BCUT2D eigenvalue weighted by Gasteiger charge is -2.22. The number of nitrogens with zero attached hydrogens (tertiary/aromatic N) is 1. The number of nitrogens with one attached hydrogen (secondary N) is 1. The van der Waals surface area contributed by atoms with E-state index in [2.05, 4.69) is 5.32 Å². The zero-order chi connectivity index (χ0) is 25.0. The second-order valence-electron chi connectivity index (χ2n) is 8.15. The lowest BCUT2D eigenvalue weighted by molar-refractivity contribution is 0.0943. The average molecular weight is 505 g/mol. The van der Waals surface area contributed by atoms with Crippen LogP contribution in [0.5, 0.6) is 0 Å².